The van der Waals surface area contributed by atoms with E-state index >= 15 is 0 Å². The minimum absolute atomic E-state index is 0.218. The maximum Gasteiger partial charge on any atom is 0.250 e. The lowest BCUT2D eigenvalue weighted by atomic mass is 10.2. The number of ether oxygens (including phenoxy) is 1. The first kappa shape index (κ1) is 16.5. The molecule has 4 nitrogen and oxygen atoms in total. The highest BCUT2D eigenvalue weighted by atomic mass is 32.1. The van der Waals surface area contributed by atoms with Gasteiger partial charge < -0.3 is 10.1 Å². The Morgan fingerprint density at radius 2 is 2.00 bits per heavy atom. The fraction of sp³-hybridized carbons (Fsp3) is 0.412. The number of thiocarbonyl (C=S) groups is 1. The molecule has 1 amide bonds. The lowest BCUT2D eigenvalue weighted by Crippen LogP contribution is -2.42. The zero-order valence-electron chi connectivity index (χ0n) is 12.8. The summed E-state index contributed by atoms with van der Waals surface area (Å²) in [5.74, 6) is 0.607. The fourth-order valence-electron chi connectivity index (χ4n) is 2.46. The van der Waals surface area contributed by atoms with Crippen LogP contribution in [0.25, 0.3) is 6.08 Å². The van der Waals surface area contributed by atoms with Gasteiger partial charge in [0.05, 0.1) is 6.61 Å². The lowest BCUT2D eigenvalue weighted by Gasteiger charge is -2.13. The molecule has 1 fully saturated rings. The molecule has 2 rings (SSSR count). The topological polar surface area (TPSA) is 50.4 Å². The molecule has 1 saturated carbocycles. The molecule has 0 spiro atoms. The van der Waals surface area contributed by atoms with Crippen molar-refractivity contribution in [2.24, 2.45) is 0 Å². The molecule has 1 aromatic carbocycles. The molecule has 1 aliphatic rings. The van der Waals surface area contributed by atoms with Gasteiger partial charge in [0.15, 0.2) is 5.11 Å². The first-order valence-electron chi connectivity index (χ1n) is 7.70. The van der Waals surface area contributed by atoms with E-state index in [1.165, 1.54) is 18.9 Å². The van der Waals surface area contributed by atoms with E-state index in [1.54, 1.807) is 6.08 Å². The van der Waals surface area contributed by atoms with E-state index in [2.05, 4.69) is 10.6 Å². The third-order valence-electron chi connectivity index (χ3n) is 3.55. The van der Waals surface area contributed by atoms with E-state index in [0.29, 0.717) is 17.8 Å². The monoisotopic (exact) mass is 318 g/mol. The maximum atomic E-state index is 11.8. The quantitative estimate of drug-likeness (QED) is 0.647. The van der Waals surface area contributed by atoms with Crippen molar-refractivity contribution in [3.63, 3.8) is 0 Å². The Hall–Kier alpha value is -1.88. The number of rotatable bonds is 5. The molecule has 0 unspecified atom stereocenters. The van der Waals surface area contributed by atoms with Gasteiger partial charge in [-0.05, 0) is 55.8 Å². The van der Waals surface area contributed by atoms with Crippen molar-refractivity contribution in [2.45, 2.75) is 38.6 Å². The van der Waals surface area contributed by atoms with Gasteiger partial charge in [-0.3, -0.25) is 10.1 Å². The summed E-state index contributed by atoms with van der Waals surface area (Å²) in [6.07, 6.45) is 7.94. The summed E-state index contributed by atoms with van der Waals surface area (Å²) in [5.41, 5.74) is 0.938. The zero-order valence-corrected chi connectivity index (χ0v) is 13.6. The van der Waals surface area contributed by atoms with Crippen LogP contribution < -0.4 is 15.4 Å². The van der Waals surface area contributed by atoms with Crippen LogP contribution in [-0.4, -0.2) is 23.7 Å². The van der Waals surface area contributed by atoms with Crippen LogP contribution in [0.4, 0.5) is 0 Å². The Morgan fingerprint density at radius 3 is 2.64 bits per heavy atom. The average molecular weight is 318 g/mol. The summed E-state index contributed by atoms with van der Waals surface area (Å²) in [7, 11) is 0. The molecule has 2 N–H and O–H groups in total. The summed E-state index contributed by atoms with van der Waals surface area (Å²) in [6.45, 7) is 2.59. The van der Waals surface area contributed by atoms with Crippen LogP contribution in [0.15, 0.2) is 30.3 Å². The zero-order chi connectivity index (χ0) is 15.8. The van der Waals surface area contributed by atoms with Gasteiger partial charge in [0.1, 0.15) is 5.75 Å². The molecule has 1 aliphatic carbocycles. The van der Waals surface area contributed by atoms with E-state index in [-0.39, 0.29) is 5.91 Å². The van der Waals surface area contributed by atoms with E-state index in [1.807, 2.05) is 31.2 Å². The Balaban J connectivity index is 1.78. The second-order valence-electron chi connectivity index (χ2n) is 5.28. The molecule has 5 heteroatoms. The van der Waals surface area contributed by atoms with E-state index in [9.17, 15) is 4.79 Å². The standard InChI is InChI=1S/C17H22N2O2S/c1-2-21-15-10-7-13(8-11-15)9-12-16(20)19-17(22)18-14-5-3-4-6-14/h7-12,14H,2-6H2,1H3,(H2,18,19,20,22)/b12-9+. The molecular formula is C17H22N2O2S. The molecule has 1 aromatic rings. The van der Waals surface area contributed by atoms with Crippen LogP contribution in [0.3, 0.4) is 0 Å². The van der Waals surface area contributed by atoms with Gasteiger partial charge in [0, 0.05) is 12.1 Å². The van der Waals surface area contributed by atoms with Crippen molar-refractivity contribution < 1.29 is 9.53 Å². The van der Waals surface area contributed by atoms with Gasteiger partial charge in [0.25, 0.3) is 0 Å². The van der Waals surface area contributed by atoms with Gasteiger partial charge in [-0.25, -0.2) is 0 Å². The average Bonchev–Trinajstić information content (AvgIpc) is 2.99. The van der Waals surface area contributed by atoms with Crippen LogP contribution in [0, 0.1) is 0 Å². The highest BCUT2D eigenvalue weighted by Gasteiger charge is 2.15. The van der Waals surface area contributed by atoms with Gasteiger partial charge in [-0.2, -0.15) is 0 Å². The van der Waals surface area contributed by atoms with Gasteiger partial charge in [0.2, 0.25) is 5.91 Å². The Morgan fingerprint density at radius 1 is 1.32 bits per heavy atom. The largest absolute Gasteiger partial charge is 0.494 e. The summed E-state index contributed by atoms with van der Waals surface area (Å²) in [5, 5.41) is 6.27. The van der Waals surface area contributed by atoms with Gasteiger partial charge in [-0.15, -0.1) is 0 Å². The SMILES string of the molecule is CCOc1ccc(/C=C/C(=O)NC(=S)NC2CCCC2)cc1. The molecular weight excluding hydrogens is 296 g/mol. The number of hydrogen-bond acceptors (Lipinski definition) is 3. The van der Waals surface area contributed by atoms with Crippen LogP contribution in [0.2, 0.25) is 0 Å². The summed E-state index contributed by atoms with van der Waals surface area (Å²) < 4.78 is 5.37. The maximum absolute atomic E-state index is 11.8. The molecule has 0 saturated heterocycles. The van der Waals surface area contributed by atoms with Crippen LogP contribution in [-0.2, 0) is 4.79 Å². The molecule has 0 aliphatic heterocycles. The van der Waals surface area contributed by atoms with Crippen LogP contribution in [0.1, 0.15) is 38.2 Å². The minimum Gasteiger partial charge on any atom is -0.494 e. The first-order chi connectivity index (χ1) is 10.7. The summed E-state index contributed by atoms with van der Waals surface area (Å²) >= 11 is 5.15. The number of hydrogen-bond donors (Lipinski definition) is 2. The molecule has 22 heavy (non-hydrogen) atoms. The Labute approximate surface area is 136 Å². The predicted octanol–water partition coefficient (Wildman–Crippen LogP) is 3.03. The fourth-order valence-corrected chi connectivity index (χ4v) is 2.73. The lowest BCUT2D eigenvalue weighted by molar-refractivity contribution is -0.115. The van der Waals surface area contributed by atoms with Crippen molar-refractivity contribution >= 4 is 29.3 Å². The second kappa shape index (κ2) is 8.54. The second-order valence-corrected chi connectivity index (χ2v) is 5.69. The summed E-state index contributed by atoms with van der Waals surface area (Å²) in [6, 6.07) is 7.98. The van der Waals surface area contributed by atoms with E-state index in [4.69, 9.17) is 17.0 Å². The van der Waals surface area contributed by atoms with E-state index in [0.717, 1.165) is 24.2 Å². The number of amides is 1. The van der Waals surface area contributed by atoms with Crippen LogP contribution in [0.5, 0.6) is 5.75 Å². The van der Waals surface area contributed by atoms with Crippen molar-refractivity contribution in [2.75, 3.05) is 6.61 Å². The van der Waals surface area contributed by atoms with E-state index < -0.39 is 0 Å². The number of carbonyl (C=O) groups excluding carboxylic acids is 1. The molecule has 0 radical (unpaired) electrons. The highest BCUT2D eigenvalue weighted by Crippen LogP contribution is 2.17. The molecule has 0 atom stereocenters. The third kappa shape index (κ3) is 5.48. The smallest absolute Gasteiger partial charge is 0.250 e. The number of carbonyl (C=O) groups is 1. The number of benzene rings is 1. The van der Waals surface area contributed by atoms with Crippen LogP contribution >= 0.6 is 12.2 Å². The van der Waals surface area contributed by atoms with Crippen molar-refractivity contribution in [3.05, 3.63) is 35.9 Å². The molecule has 0 bridgehead atoms. The summed E-state index contributed by atoms with van der Waals surface area (Å²) in [4.78, 5) is 11.8. The van der Waals surface area contributed by atoms with Gasteiger partial charge >= 0.3 is 0 Å². The van der Waals surface area contributed by atoms with Crippen molar-refractivity contribution in [1.29, 1.82) is 0 Å². The first-order valence-corrected chi connectivity index (χ1v) is 8.10. The molecule has 0 aromatic heterocycles. The molecule has 118 valence electrons. The predicted molar refractivity (Wildman–Crippen MR) is 92.8 cm³/mol. The third-order valence-corrected chi connectivity index (χ3v) is 3.77. The van der Waals surface area contributed by atoms with Gasteiger partial charge in [-0.1, -0.05) is 25.0 Å². The minimum atomic E-state index is -0.218. The highest BCUT2D eigenvalue weighted by molar-refractivity contribution is 7.80. The molecule has 0 heterocycles. The number of nitrogens with one attached hydrogen (secondary N) is 2. The Kier molecular flexibility index (Phi) is 6.40. The normalized spacial score (nSPS) is 15.0. The Bertz CT molecular complexity index is 534. The van der Waals surface area contributed by atoms with Crippen molar-refractivity contribution in [3.8, 4) is 5.75 Å². The van der Waals surface area contributed by atoms with Crippen molar-refractivity contribution in [1.82, 2.24) is 10.6 Å².